The number of rotatable bonds is 24. The summed E-state index contributed by atoms with van der Waals surface area (Å²) in [7, 11) is 0. The van der Waals surface area contributed by atoms with Crippen LogP contribution in [-0.4, -0.2) is 5.75 Å². The summed E-state index contributed by atoms with van der Waals surface area (Å²) >= 11 is 4.51. The summed E-state index contributed by atoms with van der Waals surface area (Å²) in [4.78, 5) is 0. The number of halogens is 2. The van der Waals surface area contributed by atoms with E-state index in [-0.39, 0.29) is 34.0 Å². The van der Waals surface area contributed by atoms with Crippen LogP contribution in [0.2, 0.25) is 0 Å². The molecule has 0 saturated carbocycles. The van der Waals surface area contributed by atoms with Gasteiger partial charge in [0.25, 0.3) is 0 Å². The van der Waals surface area contributed by atoms with Gasteiger partial charge in [0.15, 0.2) is 0 Å². The fourth-order valence-electron chi connectivity index (χ4n) is 4.80. The van der Waals surface area contributed by atoms with Crippen LogP contribution in [0.15, 0.2) is 18.6 Å². The van der Waals surface area contributed by atoms with Crippen LogP contribution in [0.1, 0.15) is 148 Å². The van der Waals surface area contributed by atoms with Crippen LogP contribution >= 0.6 is 12.6 Å². The third kappa shape index (κ3) is 22.1. The van der Waals surface area contributed by atoms with Gasteiger partial charge in [-0.2, -0.15) is 21.8 Å². The first-order valence-corrected chi connectivity index (χ1v) is 15.5. The SMILES string of the molecule is CCCCCCCCCCCC[n+]1cc[n+](CCCCCCCCCCCC)c(CCS)c1.[Br-].[Br-]. The van der Waals surface area contributed by atoms with Gasteiger partial charge in [0, 0.05) is 25.0 Å². The van der Waals surface area contributed by atoms with Gasteiger partial charge in [-0.15, -0.1) is 0 Å². The van der Waals surface area contributed by atoms with Crippen LogP contribution in [0.5, 0.6) is 0 Å². The molecule has 0 aliphatic heterocycles. The van der Waals surface area contributed by atoms with Crippen molar-refractivity contribution in [2.45, 2.75) is 162 Å². The second-order valence-corrected chi connectivity index (χ2v) is 10.6. The zero-order valence-corrected chi connectivity index (χ0v) is 27.4. The molecule has 0 spiro atoms. The number of hydrogen-bond acceptors (Lipinski definition) is 1. The Kier molecular flexibility index (Phi) is 31.1. The molecule has 35 heavy (non-hydrogen) atoms. The highest BCUT2D eigenvalue weighted by atomic mass is 79.9. The molecule has 208 valence electrons. The Morgan fingerprint density at radius 1 is 0.543 bits per heavy atom. The molecule has 1 aromatic heterocycles. The Morgan fingerprint density at radius 2 is 0.943 bits per heavy atom. The summed E-state index contributed by atoms with van der Waals surface area (Å²) in [6.07, 6.45) is 36.2. The van der Waals surface area contributed by atoms with Crippen molar-refractivity contribution in [3.05, 3.63) is 24.3 Å². The molecule has 0 aliphatic carbocycles. The first-order chi connectivity index (χ1) is 16.3. The zero-order valence-electron chi connectivity index (χ0n) is 23.3. The fourth-order valence-corrected chi connectivity index (χ4v) is 5.03. The summed E-state index contributed by atoms with van der Waals surface area (Å²) in [5.41, 5.74) is 1.45. The second-order valence-electron chi connectivity index (χ2n) is 10.2. The Hall–Kier alpha value is 0.390. The third-order valence-corrected chi connectivity index (χ3v) is 7.24. The molecule has 0 bridgehead atoms. The van der Waals surface area contributed by atoms with E-state index in [1.807, 2.05) is 0 Å². The molecule has 0 fully saturated rings. The first kappa shape index (κ1) is 37.5. The van der Waals surface area contributed by atoms with Gasteiger partial charge in [0.2, 0.25) is 24.3 Å². The Bertz CT molecular complexity index is 557. The van der Waals surface area contributed by atoms with Gasteiger partial charge in [-0.05, 0) is 12.8 Å². The Labute approximate surface area is 246 Å². The average Bonchev–Trinajstić information content (AvgIpc) is 2.82. The molecule has 0 amide bonds. The van der Waals surface area contributed by atoms with Crippen molar-refractivity contribution in [1.82, 2.24) is 0 Å². The first-order valence-electron chi connectivity index (χ1n) is 14.8. The van der Waals surface area contributed by atoms with Crippen LogP contribution in [0.3, 0.4) is 0 Å². The van der Waals surface area contributed by atoms with Crippen LogP contribution in [0, 0.1) is 0 Å². The van der Waals surface area contributed by atoms with E-state index >= 15 is 0 Å². The van der Waals surface area contributed by atoms with Crippen molar-refractivity contribution in [3.63, 3.8) is 0 Å². The lowest BCUT2D eigenvalue weighted by Gasteiger charge is -2.04. The van der Waals surface area contributed by atoms with Gasteiger partial charge < -0.3 is 34.0 Å². The van der Waals surface area contributed by atoms with Crippen molar-refractivity contribution in [2.24, 2.45) is 0 Å². The molecule has 1 aromatic rings. The zero-order chi connectivity index (χ0) is 23.8. The lowest BCUT2D eigenvalue weighted by atomic mass is 10.1. The Balaban J connectivity index is 0. The number of unbranched alkanes of at least 4 members (excludes halogenated alkanes) is 18. The smallest absolute Gasteiger partial charge is 0.246 e. The standard InChI is InChI=1S/C30H57N2S.2BrH/c1-3-5-7-9-11-13-15-17-19-21-24-31-26-27-32(30(29-31)23-28-33)25-22-20-18-16-14-12-10-8-6-4-2;;/h26-27,29H,3-25,28H2,1-2H3;2*1H/q+1;;/p-1. The normalized spacial score (nSPS) is 10.7. The molecular weight excluding hydrogens is 580 g/mol. The van der Waals surface area contributed by atoms with Gasteiger partial charge in [-0.25, -0.2) is 0 Å². The van der Waals surface area contributed by atoms with Crippen molar-refractivity contribution in [2.75, 3.05) is 5.75 Å². The van der Waals surface area contributed by atoms with E-state index < -0.39 is 0 Å². The number of aromatic nitrogens is 2. The molecule has 1 heterocycles. The Morgan fingerprint density at radius 3 is 1.37 bits per heavy atom. The molecule has 1 rings (SSSR count). The van der Waals surface area contributed by atoms with Crippen molar-refractivity contribution in [1.29, 1.82) is 0 Å². The van der Waals surface area contributed by atoms with Gasteiger partial charge >= 0.3 is 0 Å². The van der Waals surface area contributed by atoms with Crippen LogP contribution in [0.25, 0.3) is 0 Å². The quantitative estimate of drug-likeness (QED) is 0.101. The maximum absolute atomic E-state index is 4.51. The van der Waals surface area contributed by atoms with E-state index in [0.717, 1.165) is 18.7 Å². The number of aryl methyl sites for hydroxylation is 3. The van der Waals surface area contributed by atoms with Crippen molar-refractivity contribution < 1.29 is 43.1 Å². The van der Waals surface area contributed by atoms with Crippen molar-refractivity contribution >= 4 is 12.6 Å². The topological polar surface area (TPSA) is 7.76 Å². The van der Waals surface area contributed by atoms with Gasteiger partial charge in [0.1, 0.15) is 13.1 Å². The molecule has 0 unspecified atom stereocenters. The summed E-state index contributed by atoms with van der Waals surface area (Å²) < 4.78 is 4.90. The monoisotopic (exact) mass is 636 g/mol. The lowest BCUT2D eigenvalue weighted by Crippen LogP contribution is -3.00. The van der Waals surface area contributed by atoms with E-state index in [1.54, 1.807) is 0 Å². The van der Waals surface area contributed by atoms with Gasteiger partial charge in [-0.3, -0.25) is 0 Å². The summed E-state index contributed by atoms with van der Waals surface area (Å²) in [6.45, 7) is 6.92. The summed E-state index contributed by atoms with van der Waals surface area (Å²) in [6, 6.07) is 0. The third-order valence-electron chi connectivity index (χ3n) is 7.01. The molecule has 2 nitrogen and oxygen atoms in total. The van der Waals surface area contributed by atoms with E-state index in [2.05, 4.69) is 54.2 Å². The van der Waals surface area contributed by atoms with Gasteiger partial charge in [-0.1, -0.05) is 117 Å². The van der Waals surface area contributed by atoms with Crippen LogP contribution < -0.4 is 43.1 Å². The van der Waals surface area contributed by atoms with E-state index in [1.165, 1.54) is 141 Å². The average molecular weight is 639 g/mol. The minimum absolute atomic E-state index is 0. The molecule has 0 atom stereocenters. The molecule has 0 aromatic carbocycles. The minimum Gasteiger partial charge on any atom is -1.00 e. The lowest BCUT2D eigenvalue weighted by molar-refractivity contribution is -0.755. The fraction of sp³-hybridized carbons (Fsp3) is 0.867. The highest BCUT2D eigenvalue weighted by Gasteiger charge is 2.15. The van der Waals surface area contributed by atoms with Gasteiger partial charge in [0.05, 0.1) is 0 Å². The summed E-state index contributed by atoms with van der Waals surface area (Å²) in [5, 5.41) is 0. The molecule has 0 aliphatic rings. The summed E-state index contributed by atoms with van der Waals surface area (Å²) in [5.74, 6) is 0.931. The molecular formula is C30H58Br2N2S. The van der Waals surface area contributed by atoms with E-state index in [4.69, 9.17) is 0 Å². The predicted octanol–water partition coefficient (Wildman–Crippen LogP) is 2.58. The highest BCUT2D eigenvalue weighted by molar-refractivity contribution is 7.80. The molecule has 0 saturated heterocycles. The van der Waals surface area contributed by atoms with Crippen LogP contribution in [0.4, 0.5) is 0 Å². The number of hydrogen-bond donors (Lipinski definition) is 1. The predicted molar refractivity (Wildman–Crippen MR) is 148 cm³/mol. The largest absolute Gasteiger partial charge is 1.00 e. The maximum atomic E-state index is 4.51. The second kappa shape index (κ2) is 29.0. The number of nitrogens with zero attached hydrogens (tertiary/aromatic N) is 2. The molecule has 5 heteroatoms. The van der Waals surface area contributed by atoms with Crippen LogP contribution in [-0.2, 0) is 19.5 Å². The highest BCUT2D eigenvalue weighted by Crippen LogP contribution is 2.11. The molecule has 0 radical (unpaired) electrons. The van der Waals surface area contributed by atoms with E-state index in [9.17, 15) is 0 Å². The maximum Gasteiger partial charge on any atom is 0.246 e. The minimum atomic E-state index is 0. The van der Waals surface area contributed by atoms with E-state index in [0.29, 0.717) is 0 Å². The van der Waals surface area contributed by atoms with Crippen molar-refractivity contribution in [3.8, 4) is 0 Å². The number of thiol groups is 1. The molecule has 0 N–H and O–H groups in total.